The molecule has 27 heavy (non-hydrogen) atoms. The first-order valence-corrected chi connectivity index (χ1v) is 9.35. The summed E-state index contributed by atoms with van der Waals surface area (Å²) in [5.74, 6) is -0.991. The molecule has 1 fully saturated rings. The molecule has 0 aromatic heterocycles. The summed E-state index contributed by atoms with van der Waals surface area (Å²) in [5.41, 5.74) is 3.94. The maximum Gasteiger partial charge on any atom is 0.337 e. The Kier molecular flexibility index (Phi) is 5.49. The Hall–Kier alpha value is -2.82. The van der Waals surface area contributed by atoms with Crippen LogP contribution in [0.4, 0.5) is 11.4 Å². The lowest BCUT2D eigenvalue weighted by Gasteiger charge is -2.21. The van der Waals surface area contributed by atoms with Gasteiger partial charge in [0.15, 0.2) is 0 Å². The quantitative estimate of drug-likeness (QED) is 0.829. The lowest BCUT2D eigenvalue weighted by atomic mass is 9.97. The van der Waals surface area contributed by atoms with Crippen LogP contribution in [0.2, 0.25) is 0 Å². The van der Waals surface area contributed by atoms with Crippen molar-refractivity contribution in [1.82, 2.24) is 0 Å². The lowest BCUT2D eigenvalue weighted by molar-refractivity contribution is -0.118. The summed E-state index contributed by atoms with van der Waals surface area (Å²) in [5, 5.41) is 12.3. The summed E-state index contributed by atoms with van der Waals surface area (Å²) >= 11 is 0. The first kappa shape index (κ1) is 19.0. The van der Waals surface area contributed by atoms with Crippen molar-refractivity contribution in [1.29, 1.82) is 0 Å². The van der Waals surface area contributed by atoms with Gasteiger partial charge in [-0.15, -0.1) is 0 Å². The highest BCUT2D eigenvalue weighted by molar-refractivity contribution is 6.01. The molecule has 1 aliphatic rings. The van der Waals surface area contributed by atoms with Gasteiger partial charge >= 0.3 is 5.97 Å². The SMILES string of the molecule is Cc1cccc(C2CCN(c3ccc(NC(=O)C(C)C)c(C(=O)O)c3)C2)c1. The van der Waals surface area contributed by atoms with Crippen molar-refractivity contribution in [3.05, 3.63) is 59.2 Å². The molecule has 1 saturated heterocycles. The highest BCUT2D eigenvalue weighted by atomic mass is 16.4. The number of aryl methyl sites for hydroxylation is 1. The average Bonchev–Trinajstić information content (AvgIpc) is 3.12. The first-order valence-electron chi connectivity index (χ1n) is 9.35. The topological polar surface area (TPSA) is 69.6 Å². The fourth-order valence-electron chi connectivity index (χ4n) is 3.48. The van der Waals surface area contributed by atoms with Crippen molar-refractivity contribution in [2.75, 3.05) is 23.3 Å². The van der Waals surface area contributed by atoms with E-state index in [0.717, 1.165) is 25.2 Å². The monoisotopic (exact) mass is 366 g/mol. The predicted molar refractivity (Wildman–Crippen MR) is 108 cm³/mol. The number of nitrogens with zero attached hydrogens (tertiary/aromatic N) is 1. The van der Waals surface area contributed by atoms with E-state index < -0.39 is 5.97 Å². The summed E-state index contributed by atoms with van der Waals surface area (Å²) in [6.45, 7) is 7.40. The molecule has 1 amide bonds. The summed E-state index contributed by atoms with van der Waals surface area (Å²) in [7, 11) is 0. The highest BCUT2D eigenvalue weighted by Crippen LogP contribution is 2.33. The van der Waals surface area contributed by atoms with E-state index in [0.29, 0.717) is 11.6 Å². The van der Waals surface area contributed by atoms with E-state index in [4.69, 9.17) is 0 Å². The van der Waals surface area contributed by atoms with Crippen LogP contribution in [-0.4, -0.2) is 30.1 Å². The van der Waals surface area contributed by atoms with E-state index in [1.807, 2.05) is 6.07 Å². The number of carboxylic acids is 1. The average molecular weight is 366 g/mol. The molecule has 1 heterocycles. The summed E-state index contributed by atoms with van der Waals surface area (Å²) < 4.78 is 0. The lowest BCUT2D eigenvalue weighted by Crippen LogP contribution is -2.22. The Bertz CT molecular complexity index is 860. The Morgan fingerprint density at radius 1 is 1.19 bits per heavy atom. The van der Waals surface area contributed by atoms with Gasteiger partial charge in [0, 0.05) is 30.6 Å². The van der Waals surface area contributed by atoms with Gasteiger partial charge in [0.25, 0.3) is 0 Å². The van der Waals surface area contributed by atoms with Gasteiger partial charge in [0.2, 0.25) is 5.91 Å². The maximum absolute atomic E-state index is 11.9. The van der Waals surface area contributed by atoms with Crippen molar-refractivity contribution in [2.24, 2.45) is 5.92 Å². The molecule has 1 atom stereocenters. The molecule has 2 aromatic carbocycles. The zero-order valence-electron chi connectivity index (χ0n) is 16.0. The number of carbonyl (C=O) groups excluding carboxylic acids is 1. The molecule has 2 N–H and O–H groups in total. The second kappa shape index (κ2) is 7.82. The molecule has 5 heteroatoms. The van der Waals surface area contributed by atoms with Crippen LogP contribution in [-0.2, 0) is 4.79 Å². The van der Waals surface area contributed by atoms with Crippen LogP contribution in [0.25, 0.3) is 0 Å². The van der Waals surface area contributed by atoms with Crippen molar-refractivity contribution < 1.29 is 14.7 Å². The second-order valence-corrected chi connectivity index (χ2v) is 7.52. The van der Waals surface area contributed by atoms with Crippen LogP contribution in [0, 0.1) is 12.8 Å². The fourth-order valence-corrected chi connectivity index (χ4v) is 3.48. The van der Waals surface area contributed by atoms with Crippen LogP contribution >= 0.6 is 0 Å². The molecule has 1 aliphatic heterocycles. The van der Waals surface area contributed by atoms with E-state index in [-0.39, 0.29) is 17.4 Å². The molecular formula is C22H26N2O3. The number of hydrogen-bond donors (Lipinski definition) is 2. The van der Waals surface area contributed by atoms with Gasteiger partial charge in [-0.05, 0) is 37.1 Å². The third-order valence-corrected chi connectivity index (χ3v) is 5.08. The molecule has 1 unspecified atom stereocenters. The van der Waals surface area contributed by atoms with Crippen molar-refractivity contribution in [3.8, 4) is 0 Å². The molecular weight excluding hydrogens is 340 g/mol. The van der Waals surface area contributed by atoms with Crippen molar-refractivity contribution in [2.45, 2.75) is 33.1 Å². The van der Waals surface area contributed by atoms with E-state index in [2.05, 4.69) is 41.4 Å². The first-order chi connectivity index (χ1) is 12.8. The number of carboxylic acid groups (broad SMARTS) is 1. The minimum absolute atomic E-state index is 0.125. The molecule has 0 bridgehead atoms. The fraction of sp³-hybridized carbons (Fsp3) is 0.364. The van der Waals surface area contributed by atoms with Gasteiger partial charge in [-0.25, -0.2) is 4.79 Å². The minimum Gasteiger partial charge on any atom is -0.478 e. The number of anilines is 2. The standard InChI is InChI=1S/C22H26N2O3/c1-14(2)21(25)23-20-8-7-18(12-19(20)22(26)27)24-10-9-17(13-24)16-6-4-5-15(3)11-16/h4-8,11-12,14,17H,9-10,13H2,1-3H3,(H,23,25)(H,26,27). The van der Waals surface area contributed by atoms with Gasteiger partial charge in [-0.2, -0.15) is 0 Å². The van der Waals surface area contributed by atoms with Crippen molar-refractivity contribution in [3.63, 3.8) is 0 Å². The zero-order valence-corrected chi connectivity index (χ0v) is 16.0. The molecule has 0 spiro atoms. The number of hydrogen-bond acceptors (Lipinski definition) is 3. The third kappa shape index (κ3) is 4.30. The Morgan fingerprint density at radius 2 is 1.96 bits per heavy atom. The summed E-state index contributed by atoms with van der Waals surface area (Å²) in [6.07, 6.45) is 1.04. The number of carbonyl (C=O) groups is 2. The molecule has 3 rings (SSSR count). The third-order valence-electron chi connectivity index (χ3n) is 5.08. The summed E-state index contributed by atoms with van der Waals surface area (Å²) in [6, 6.07) is 13.8. The molecule has 5 nitrogen and oxygen atoms in total. The van der Waals surface area contributed by atoms with Crippen molar-refractivity contribution >= 4 is 23.3 Å². The van der Waals surface area contributed by atoms with Gasteiger partial charge < -0.3 is 15.3 Å². The molecule has 142 valence electrons. The Labute approximate surface area is 160 Å². The molecule has 0 radical (unpaired) electrons. The number of nitrogens with one attached hydrogen (secondary N) is 1. The van der Waals surface area contributed by atoms with Crippen LogP contribution in [0.5, 0.6) is 0 Å². The largest absolute Gasteiger partial charge is 0.478 e. The number of benzene rings is 2. The molecule has 0 aliphatic carbocycles. The second-order valence-electron chi connectivity index (χ2n) is 7.52. The molecule has 0 saturated carbocycles. The summed E-state index contributed by atoms with van der Waals surface area (Å²) in [4.78, 5) is 25.9. The van der Waals surface area contributed by atoms with Gasteiger partial charge in [0.1, 0.15) is 0 Å². The maximum atomic E-state index is 11.9. The normalized spacial score (nSPS) is 16.6. The number of rotatable bonds is 5. The smallest absolute Gasteiger partial charge is 0.337 e. The van der Waals surface area contributed by atoms with Crippen LogP contribution in [0.3, 0.4) is 0 Å². The van der Waals surface area contributed by atoms with E-state index in [1.165, 1.54) is 11.1 Å². The van der Waals surface area contributed by atoms with Gasteiger partial charge in [0.05, 0.1) is 11.3 Å². The van der Waals surface area contributed by atoms with Gasteiger partial charge in [-0.1, -0.05) is 43.7 Å². The van der Waals surface area contributed by atoms with E-state index in [9.17, 15) is 14.7 Å². The molecule has 2 aromatic rings. The van der Waals surface area contributed by atoms with Crippen LogP contribution in [0.15, 0.2) is 42.5 Å². The van der Waals surface area contributed by atoms with Gasteiger partial charge in [-0.3, -0.25) is 4.79 Å². The van der Waals surface area contributed by atoms with Crippen LogP contribution in [0.1, 0.15) is 47.7 Å². The Balaban J connectivity index is 1.80. The number of aromatic carboxylic acids is 1. The zero-order chi connectivity index (χ0) is 19.6. The van der Waals surface area contributed by atoms with Crippen LogP contribution < -0.4 is 10.2 Å². The highest BCUT2D eigenvalue weighted by Gasteiger charge is 2.25. The van der Waals surface area contributed by atoms with E-state index >= 15 is 0 Å². The van der Waals surface area contributed by atoms with E-state index in [1.54, 1.807) is 26.0 Å². The predicted octanol–water partition coefficient (Wildman–Crippen LogP) is 4.28. The minimum atomic E-state index is -1.04. The number of amides is 1. The Morgan fingerprint density at radius 3 is 2.63 bits per heavy atom.